The molecule has 0 spiro atoms. The van der Waals surface area contributed by atoms with Gasteiger partial charge in [-0.2, -0.15) is 0 Å². The molecule has 6 heteroatoms. The van der Waals surface area contributed by atoms with Crippen LogP contribution in [-0.4, -0.2) is 69.2 Å². The van der Waals surface area contributed by atoms with Crippen LogP contribution in [-0.2, 0) is 10.0 Å². The molecule has 2 fully saturated rings. The zero-order valence-electron chi connectivity index (χ0n) is 11.4. The highest BCUT2D eigenvalue weighted by Crippen LogP contribution is 2.26. The highest BCUT2D eigenvalue weighted by atomic mass is 32.2. The van der Waals surface area contributed by atoms with Crippen molar-refractivity contribution in [2.24, 2.45) is 0 Å². The molecule has 0 amide bonds. The molecule has 2 saturated heterocycles. The van der Waals surface area contributed by atoms with Crippen molar-refractivity contribution in [3.05, 3.63) is 0 Å². The van der Waals surface area contributed by atoms with Gasteiger partial charge in [-0.3, -0.25) is 4.90 Å². The molecule has 2 rings (SSSR count). The van der Waals surface area contributed by atoms with Gasteiger partial charge in [0.05, 0.1) is 6.26 Å². The van der Waals surface area contributed by atoms with E-state index in [0.29, 0.717) is 25.2 Å². The predicted molar refractivity (Wildman–Crippen MR) is 73.1 cm³/mol. The van der Waals surface area contributed by atoms with Crippen LogP contribution >= 0.6 is 0 Å². The zero-order valence-corrected chi connectivity index (χ0v) is 12.2. The van der Waals surface area contributed by atoms with E-state index in [9.17, 15) is 8.42 Å². The number of rotatable bonds is 4. The van der Waals surface area contributed by atoms with Gasteiger partial charge in [-0.05, 0) is 39.3 Å². The fraction of sp³-hybridized carbons (Fsp3) is 1.00. The summed E-state index contributed by atoms with van der Waals surface area (Å²) in [6.45, 7) is 3.60. The number of hydrogen-bond donors (Lipinski definition) is 1. The van der Waals surface area contributed by atoms with Crippen LogP contribution in [0.3, 0.4) is 0 Å². The van der Waals surface area contributed by atoms with E-state index in [1.165, 1.54) is 25.6 Å². The summed E-state index contributed by atoms with van der Waals surface area (Å²) in [5.74, 6) is 0. The molecule has 0 aromatic rings. The second-order valence-electron chi connectivity index (χ2n) is 5.48. The van der Waals surface area contributed by atoms with Gasteiger partial charge in [0, 0.05) is 31.7 Å². The molecule has 0 bridgehead atoms. The first kappa shape index (κ1) is 14.2. The quantitative estimate of drug-likeness (QED) is 0.790. The number of piperidine rings is 1. The Morgan fingerprint density at radius 1 is 1.17 bits per heavy atom. The lowest BCUT2D eigenvalue weighted by molar-refractivity contribution is 0.127. The molecule has 2 heterocycles. The van der Waals surface area contributed by atoms with Gasteiger partial charge in [0.25, 0.3) is 0 Å². The average Bonchev–Trinajstić information content (AvgIpc) is 2.77. The van der Waals surface area contributed by atoms with Gasteiger partial charge >= 0.3 is 0 Å². The van der Waals surface area contributed by atoms with Gasteiger partial charge in [0.15, 0.2) is 0 Å². The lowest BCUT2D eigenvalue weighted by atomic mass is 10.0. The molecule has 5 nitrogen and oxygen atoms in total. The van der Waals surface area contributed by atoms with Crippen LogP contribution in [0, 0.1) is 0 Å². The summed E-state index contributed by atoms with van der Waals surface area (Å²) in [6.07, 6.45) is 5.82. The van der Waals surface area contributed by atoms with Crippen LogP contribution < -0.4 is 5.32 Å². The lowest BCUT2D eigenvalue weighted by Crippen LogP contribution is -2.49. The third-order valence-corrected chi connectivity index (χ3v) is 5.53. The first-order chi connectivity index (χ1) is 8.52. The minimum absolute atomic E-state index is 0.573. The average molecular weight is 275 g/mol. The van der Waals surface area contributed by atoms with Crippen molar-refractivity contribution < 1.29 is 8.42 Å². The molecule has 1 atom stereocenters. The summed E-state index contributed by atoms with van der Waals surface area (Å²) in [5.41, 5.74) is 0. The van der Waals surface area contributed by atoms with E-state index in [4.69, 9.17) is 0 Å². The second-order valence-corrected chi connectivity index (χ2v) is 7.47. The van der Waals surface area contributed by atoms with Gasteiger partial charge < -0.3 is 5.32 Å². The Bertz CT molecular complexity index is 364. The molecule has 18 heavy (non-hydrogen) atoms. The van der Waals surface area contributed by atoms with Crippen molar-refractivity contribution in [2.45, 2.75) is 37.8 Å². The molecular weight excluding hydrogens is 250 g/mol. The summed E-state index contributed by atoms with van der Waals surface area (Å²) >= 11 is 0. The van der Waals surface area contributed by atoms with Gasteiger partial charge in [-0.15, -0.1) is 0 Å². The van der Waals surface area contributed by atoms with Crippen LogP contribution in [0.1, 0.15) is 25.7 Å². The van der Waals surface area contributed by atoms with Crippen molar-refractivity contribution in [3.63, 3.8) is 0 Å². The number of hydrogen-bond acceptors (Lipinski definition) is 4. The van der Waals surface area contributed by atoms with E-state index in [1.807, 2.05) is 7.05 Å². The first-order valence-corrected chi connectivity index (χ1v) is 8.72. The monoisotopic (exact) mass is 275 g/mol. The molecule has 0 aromatic carbocycles. The molecule has 106 valence electrons. The minimum Gasteiger partial charge on any atom is -0.318 e. The topological polar surface area (TPSA) is 52.6 Å². The molecule has 0 saturated carbocycles. The Morgan fingerprint density at radius 2 is 1.83 bits per heavy atom. The van der Waals surface area contributed by atoms with Crippen molar-refractivity contribution in [2.75, 3.05) is 39.5 Å². The number of likely N-dealkylation sites (N-methyl/N-ethyl adjacent to an activating group) is 1. The van der Waals surface area contributed by atoms with Gasteiger partial charge in [0.2, 0.25) is 10.0 Å². The molecule has 0 aliphatic carbocycles. The Labute approximate surface area is 111 Å². The Hall–Kier alpha value is -0.170. The Kier molecular flexibility index (Phi) is 4.64. The van der Waals surface area contributed by atoms with Crippen LogP contribution in [0.5, 0.6) is 0 Å². The maximum Gasteiger partial charge on any atom is 0.211 e. The van der Waals surface area contributed by atoms with Gasteiger partial charge in [-0.25, -0.2) is 12.7 Å². The van der Waals surface area contributed by atoms with Crippen LogP contribution in [0.15, 0.2) is 0 Å². The van der Waals surface area contributed by atoms with Crippen LogP contribution in [0.2, 0.25) is 0 Å². The minimum atomic E-state index is -2.99. The summed E-state index contributed by atoms with van der Waals surface area (Å²) in [6, 6.07) is 1.22. The third-order valence-electron chi connectivity index (χ3n) is 4.22. The van der Waals surface area contributed by atoms with Gasteiger partial charge in [-0.1, -0.05) is 0 Å². The summed E-state index contributed by atoms with van der Waals surface area (Å²) in [7, 11) is -0.991. The predicted octanol–water partition coefficient (Wildman–Crippen LogP) is 0.0942. The SMILES string of the molecule is CNCC1CCCN1C1CCN(S(C)(=O)=O)CC1. The van der Waals surface area contributed by atoms with Crippen molar-refractivity contribution in [1.29, 1.82) is 0 Å². The first-order valence-electron chi connectivity index (χ1n) is 6.88. The van der Waals surface area contributed by atoms with Crippen molar-refractivity contribution in [3.8, 4) is 0 Å². The number of likely N-dealkylation sites (tertiary alicyclic amines) is 1. The summed E-state index contributed by atoms with van der Waals surface area (Å²) in [5, 5.41) is 3.26. The molecule has 1 unspecified atom stereocenters. The Morgan fingerprint density at radius 3 is 2.39 bits per heavy atom. The highest BCUT2D eigenvalue weighted by molar-refractivity contribution is 7.88. The third kappa shape index (κ3) is 3.23. The lowest BCUT2D eigenvalue weighted by Gasteiger charge is -2.38. The van der Waals surface area contributed by atoms with E-state index in [2.05, 4.69) is 10.2 Å². The molecule has 2 aliphatic heterocycles. The van der Waals surface area contributed by atoms with Gasteiger partial charge in [0.1, 0.15) is 0 Å². The zero-order chi connectivity index (χ0) is 13.2. The molecule has 0 radical (unpaired) electrons. The Balaban J connectivity index is 1.89. The summed E-state index contributed by atoms with van der Waals surface area (Å²) < 4.78 is 24.6. The fourth-order valence-electron chi connectivity index (χ4n) is 3.30. The number of nitrogens with zero attached hydrogens (tertiary/aromatic N) is 2. The maximum absolute atomic E-state index is 11.5. The normalized spacial score (nSPS) is 28.9. The number of sulfonamides is 1. The summed E-state index contributed by atoms with van der Waals surface area (Å²) in [4.78, 5) is 2.59. The second kappa shape index (κ2) is 5.86. The van der Waals surface area contributed by atoms with Crippen molar-refractivity contribution >= 4 is 10.0 Å². The molecule has 2 aliphatic rings. The van der Waals surface area contributed by atoms with Crippen LogP contribution in [0.4, 0.5) is 0 Å². The van der Waals surface area contributed by atoms with Crippen LogP contribution in [0.25, 0.3) is 0 Å². The molecule has 0 aromatic heterocycles. The smallest absolute Gasteiger partial charge is 0.211 e. The van der Waals surface area contributed by atoms with E-state index in [-0.39, 0.29) is 0 Å². The fourth-order valence-corrected chi connectivity index (χ4v) is 4.17. The molecule has 1 N–H and O–H groups in total. The molecular formula is C12H25N3O2S. The van der Waals surface area contributed by atoms with E-state index in [0.717, 1.165) is 19.4 Å². The van der Waals surface area contributed by atoms with E-state index in [1.54, 1.807) is 4.31 Å². The largest absolute Gasteiger partial charge is 0.318 e. The highest BCUT2D eigenvalue weighted by Gasteiger charge is 2.33. The van der Waals surface area contributed by atoms with Crippen molar-refractivity contribution in [1.82, 2.24) is 14.5 Å². The number of nitrogens with one attached hydrogen (secondary N) is 1. The van der Waals surface area contributed by atoms with E-state index >= 15 is 0 Å². The maximum atomic E-state index is 11.5. The van der Waals surface area contributed by atoms with E-state index < -0.39 is 10.0 Å². The standard InChI is InChI=1S/C12H25N3O2S/c1-13-10-12-4-3-7-15(12)11-5-8-14(9-6-11)18(2,16)17/h11-13H,3-10H2,1-2H3.